The molecule has 1 amide bonds. The van der Waals surface area contributed by atoms with Gasteiger partial charge in [-0.05, 0) is 18.2 Å². The number of carbonyl (C=O) groups excluding carboxylic acids is 1. The highest BCUT2D eigenvalue weighted by Crippen LogP contribution is 2.27. The van der Waals surface area contributed by atoms with E-state index in [0.717, 1.165) is 11.3 Å². The average Bonchev–Trinajstić information content (AvgIpc) is 2.99. The van der Waals surface area contributed by atoms with Crippen molar-refractivity contribution in [3.8, 4) is 11.5 Å². The molecule has 0 spiro atoms. The molecule has 106 valence electrons. The molecule has 0 fully saturated rings. The topological polar surface area (TPSA) is 60.5 Å². The van der Waals surface area contributed by atoms with Crippen LogP contribution in [0.3, 0.4) is 0 Å². The normalized spacial score (nSPS) is 10.1. The first-order valence-electron chi connectivity index (χ1n) is 6.12. The van der Waals surface area contributed by atoms with Gasteiger partial charge in [-0.25, -0.2) is 0 Å². The van der Waals surface area contributed by atoms with Gasteiger partial charge in [-0.15, -0.1) is 11.3 Å². The fraction of sp³-hybridized carbons (Fsp3) is 0.286. The van der Waals surface area contributed by atoms with Gasteiger partial charge < -0.3 is 14.8 Å². The van der Waals surface area contributed by atoms with Gasteiger partial charge in [-0.2, -0.15) is 0 Å². The van der Waals surface area contributed by atoms with Gasteiger partial charge in [-0.3, -0.25) is 9.78 Å². The lowest BCUT2D eigenvalue weighted by Gasteiger charge is -2.09. The molecule has 0 aliphatic heterocycles. The number of amides is 1. The molecule has 0 radical (unpaired) electrons. The van der Waals surface area contributed by atoms with Gasteiger partial charge in [0.1, 0.15) is 0 Å². The first kappa shape index (κ1) is 14.3. The van der Waals surface area contributed by atoms with E-state index in [-0.39, 0.29) is 5.91 Å². The lowest BCUT2D eigenvalue weighted by molar-refractivity contribution is 0.0954. The highest BCUT2D eigenvalue weighted by atomic mass is 32.1. The van der Waals surface area contributed by atoms with Crippen LogP contribution < -0.4 is 14.8 Å². The van der Waals surface area contributed by atoms with Crippen LogP contribution in [0.25, 0.3) is 0 Å². The van der Waals surface area contributed by atoms with Crippen LogP contribution in [0.1, 0.15) is 15.2 Å². The second kappa shape index (κ2) is 6.91. The molecule has 0 aliphatic rings. The van der Waals surface area contributed by atoms with E-state index in [2.05, 4.69) is 10.3 Å². The minimum atomic E-state index is -0.129. The number of ether oxygens (including phenoxy) is 2. The number of carbonyl (C=O) groups is 1. The molecule has 0 bridgehead atoms. The summed E-state index contributed by atoms with van der Waals surface area (Å²) >= 11 is 1.58. The van der Waals surface area contributed by atoms with Gasteiger partial charge in [0.25, 0.3) is 5.91 Å². The van der Waals surface area contributed by atoms with Crippen LogP contribution in [0.4, 0.5) is 0 Å². The predicted molar refractivity (Wildman–Crippen MR) is 77.7 cm³/mol. The Labute approximate surface area is 121 Å². The van der Waals surface area contributed by atoms with E-state index < -0.39 is 0 Å². The lowest BCUT2D eigenvalue weighted by atomic mass is 10.2. The van der Waals surface area contributed by atoms with Crippen molar-refractivity contribution < 1.29 is 14.3 Å². The minimum absolute atomic E-state index is 0.129. The number of thiazole rings is 1. The fourth-order valence-electron chi connectivity index (χ4n) is 1.74. The Bertz CT molecular complexity index is 570. The maximum Gasteiger partial charge on any atom is 0.251 e. The maximum absolute atomic E-state index is 12.0. The molecule has 2 rings (SSSR count). The summed E-state index contributed by atoms with van der Waals surface area (Å²) in [4.78, 5) is 17.2. The molecular weight excluding hydrogens is 276 g/mol. The van der Waals surface area contributed by atoms with Crippen molar-refractivity contribution in [2.75, 3.05) is 20.8 Å². The van der Waals surface area contributed by atoms with Crippen molar-refractivity contribution in [2.24, 2.45) is 0 Å². The summed E-state index contributed by atoms with van der Waals surface area (Å²) in [6, 6.07) is 5.10. The number of rotatable bonds is 6. The molecular formula is C14H16N2O3S. The highest BCUT2D eigenvalue weighted by Gasteiger charge is 2.10. The van der Waals surface area contributed by atoms with E-state index in [4.69, 9.17) is 9.47 Å². The van der Waals surface area contributed by atoms with Crippen LogP contribution >= 0.6 is 11.3 Å². The van der Waals surface area contributed by atoms with Gasteiger partial charge in [-0.1, -0.05) is 0 Å². The Balaban J connectivity index is 1.95. The van der Waals surface area contributed by atoms with E-state index in [1.807, 2.05) is 6.20 Å². The molecule has 1 heterocycles. The molecule has 1 aromatic heterocycles. The summed E-state index contributed by atoms with van der Waals surface area (Å²) in [5.74, 6) is 1.02. The van der Waals surface area contributed by atoms with Gasteiger partial charge in [0.15, 0.2) is 11.5 Å². The number of nitrogens with one attached hydrogen (secondary N) is 1. The fourth-order valence-corrected chi connectivity index (χ4v) is 2.34. The number of hydrogen-bond donors (Lipinski definition) is 1. The van der Waals surface area contributed by atoms with Crippen LogP contribution in [0.5, 0.6) is 11.5 Å². The number of nitrogens with zero attached hydrogens (tertiary/aromatic N) is 1. The van der Waals surface area contributed by atoms with Gasteiger partial charge in [0.2, 0.25) is 0 Å². The van der Waals surface area contributed by atoms with Crippen LogP contribution in [0, 0.1) is 0 Å². The second-order valence-electron chi connectivity index (χ2n) is 4.04. The zero-order valence-corrected chi connectivity index (χ0v) is 12.2. The lowest BCUT2D eigenvalue weighted by Crippen LogP contribution is -2.25. The third kappa shape index (κ3) is 3.48. The molecule has 1 N–H and O–H groups in total. The van der Waals surface area contributed by atoms with Crippen LogP contribution in [-0.2, 0) is 6.42 Å². The molecule has 0 saturated heterocycles. The predicted octanol–water partition coefficient (Wildman–Crippen LogP) is 2.13. The Morgan fingerprint density at radius 2 is 2.10 bits per heavy atom. The standard InChI is InChI=1S/C14H16N2O3S/c1-18-12-4-3-10(7-13(12)19-2)14(17)16-6-5-11-8-15-9-20-11/h3-4,7-9H,5-6H2,1-2H3,(H,16,17). The number of benzene rings is 1. The zero-order valence-electron chi connectivity index (χ0n) is 11.4. The summed E-state index contributed by atoms with van der Waals surface area (Å²) in [7, 11) is 3.11. The molecule has 0 saturated carbocycles. The minimum Gasteiger partial charge on any atom is -0.493 e. The zero-order chi connectivity index (χ0) is 14.4. The first-order chi connectivity index (χ1) is 9.74. The Morgan fingerprint density at radius 1 is 1.30 bits per heavy atom. The third-order valence-electron chi connectivity index (χ3n) is 2.79. The molecule has 20 heavy (non-hydrogen) atoms. The molecule has 1 aromatic carbocycles. The largest absolute Gasteiger partial charge is 0.493 e. The van der Waals surface area contributed by atoms with Crippen molar-refractivity contribution in [2.45, 2.75) is 6.42 Å². The van der Waals surface area contributed by atoms with E-state index >= 15 is 0 Å². The van der Waals surface area contributed by atoms with Gasteiger partial charge in [0, 0.05) is 29.6 Å². The van der Waals surface area contributed by atoms with E-state index in [0.29, 0.717) is 23.6 Å². The first-order valence-corrected chi connectivity index (χ1v) is 7.00. The SMILES string of the molecule is COc1ccc(C(=O)NCCc2cncs2)cc1OC. The van der Waals surface area contributed by atoms with Gasteiger partial charge >= 0.3 is 0 Å². The summed E-state index contributed by atoms with van der Waals surface area (Å²) in [5.41, 5.74) is 2.33. The molecule has 0 aliphatic carbocycles. The summed E-state index contributed by atoms with van der Waals surface area (Å²) in [5, 5.41) is 2.87. The molecule has 0 atom stereocenters. The van der Waals surface area contributed by atoms with Crippen molar-refractivity contribution in [3.05, 3.63) is 40.3 Å². The second-order valence-corrected chi connectivity index (χ2v) is 5.01. The molecule has 0 unspecified atom stereocenters. The van der Waals surface area contributed by atoms with Crippen molar-refractivity contribution in [3.63, 3.8) is 0 Å². The van der Waals surface area contributed by atoms with Crippen LogP contribution in [0.15, 0.2) is 29.9 Å². The number of aromatic nitrogens is 1. The maximum atomic E-state index is 12.0. The molecule has 5 nitrogen and oxygen atoms in total. The number of methoxy groups -OCH3 is 2. The van der Waals surface area contributed by atoms with Crippen molar-refractivity contribution in [1.82, 2.24) is 10.3 Å². The third-order valence-corrected chi connectivity index (χ3v) is 3.63. The quantitative estimate of drug-likeness (QED) is 0.886. The Hall–Kier alpha value is -2.08. The molecule has 2 aromatic rings. The average molecular weight is 292 g/mol. The monoisotopic (exact) mass is 292 g/mol. The summed E-state index contributed by atoms with van der Waals surface area (Å²) in [6.07, 6.45) is 2.59. The number of hydrogen-bond acceptors (Lipinski definition) is 5. The van der Waals surface area contributed by atoms with E-state index in [1.54, 1.807) is 49.3 Å². The highest BCUT2D eigenvalue weighted by molar-refractivity contribution is 7.09. The van der Waals surface area contributed by atoms with Crippen LogP contribution in [0.2, 0.25) is 0 Å². The van der Waals surface area contributed by atoms with E-state index in [9.17, 15) is 4.79 Å². The Kier molecular flexibility index (Phi) is 4.95. The van der Waals surface area contributed by atoms with E-state index in [1.165, 1.54) is 0 Å². The summed E-state index contributed by atoms with van der Waals surface area (Å²) < 4.78 is 10.3. The summed E-state index contributed by atoms with van der Waals surface area (Å²) in [6.45, 7) is 0.579. The van der Waals surface area contributed by atoms with Crippen molar-refractivity contribution >= 4 is 17.2 Å². The van der Waals surface area contributed by atoms with Gasteiger partial charge in [0.05, 0.1) is 19.7 Å². The Morgan fingerprint density at radius 3 is 2.75 bits per heavy atom. The van der Waals surface area contributed by atoms with Crippen LogP contribution in [-0.4, -0.2) is 31.7 Å². The van der Waals surface area contributed by atoms with Crippen molar-refractivity contribution in [1.29, 1.82) is 0 Å². The smallest absolute Gasteiger partial charge is 0.251 e. The molecule has 6 heteroatoms.